The van der Waals surface area contributed by atoms with E-state index in [1.54, 1.807) is 17.0 Å². The minimum Gasteiger partial charge on any atom is -0.366 e. The maximum Gasteiger partial charge on any atom is 0.253 e. The monoisotopic (exact) mass is 380 g/mol. The maximum absolute atomic E-state index is 13.8. The molecule has 1 saturated heterocycles. The van der Waals surface area contributed by atoms with E-state index in [1.165, 1.54) is 12.1 Å². The molecule has 23 heavy (non-hydrogen) atoms. The van der Waals surface area contributed by atoms with Crippen molar-refractivity contribution < 1.29 is 13.6 Å². The van der Waals surface area contributed by atoms with Crippen molar-refractivity contribution in [3.05, 3.63) is 64.1 Å². The van der Waals surface area contributed by atoms with Gasteiger partial charge in [0.2, 0.25) is 0 Å². The van der Waals surface area contributed by atoms with Crippen LogP contribution in [-0.2, 0) is 0 Å². The molecule has 0 bridgehead atoms. The average Bonchev–Trinajstić information content (AvgIpc) is 2.55. The number of rotatable bonds is 2. The van der Waals surface area contributed by atoms with E-state index in [1.807, 2.05) is 17.0 Å². The van der Waals surface area contributed by atoms with Gasteiger partial charge in [0.25, 0.3) is 5.91 Å². The largest absolute Gasteiger partial charge is 0.366 e. The zero-order valence-electron chi connectivity index (χ0n) is 12.3. The lowest BCUT2D eigenvalue weighted by Crippen LogP contribution is -2.49. The van der Waals surface area contributed by atoms with Crippen molar-refractivity contribution in [2.75, 3.05) is 31.1 Å². The van der Waals surface area contributed by atoms with Crippen LogP contribution in [0.5, 0.6) is 0 Å². The molecule has 120 valence electrons. The van der Waals surface area contributed by atoms with Crippen LogP contribution in [0, 0.1) is 11.6 Å². The molecule has 0 aromatic heterocycles. The first-order valence-electron chi connectivity index (χ1n) is 7.29. The topological polar surface area (TPSA) is 23.6 Å². The number of carbonyl (C=O) groups is 1. The van der Waals surface area contributed by atoms with Gasteiger partial charge >= 0.3 is 0 Å². The van der Waals surface area contributed by atoms with Crippen molar-refractivity contribution in [2.24, 2.45) is 0 Å². The van der Waals surface area contributed by atoms with Crippen molar-refractivity contribution in [2.45, 2.75) is 0 Å². The van der Waals surface area contributed by atoms with E-state index in [0.29, 0.717) is 37.4 Å². The first kappa shape index (κ1) is 15.9. The number of hydrogen-bond donors (Lipinski definition) is 0. The van der Waals surface area contributed by atoms with Gasteiger partial charge in [0.15, 0.2) is 0 Å². The lowest BCUT2D eigenvalue weighted by Gasteiger charge is -2.36. The van der Waals surface area contributed by atoms with Crippen LogP contribution in [0.1, 0.15) is 10.4 Å². The molecule has 1 aliphatic heterocycles. The van der Waals surface area contributed by atoms with Gasteiger partial charge in [-0.1, -0.05) is 15.9 Å². The van der Waals surface area contributed by atoms with Gasteiger partial charge in [0.1, 0.15) is 11.6 Å². The molecule has 0 atom stereocenters. The van der Waals surface area contributed by atoms with Crippen LogP contribution in [0.15, 0.2) is 46.9 Å². The highest BCUT2D eigenvalue weighted by molar-refractivity contribution is 9.10. The van der Waals surface area contributed by atoms with Gasteiger partial charge in [-0.2, -0.15) is 0 Å². The Labute approximate surface area is 141 Å². The van der Waals surface area contributed by atoms with Crippen molar-refractivity contribution in [1.82, 2.24) is 4.90 Å². The highest BCUT2D eigenvalue weighted by Crippen LogP contribution is 2.22. The summed E-state index contributed by atoms with van der Waals surface area (Å²) in [6, 6.07) is 10.8. The lowest BCUT2D eigenvalue weighted by atomic mass is 10.1. The molecule has 0 saturated carbocycles. The van der Waals surface area contributed by atoms with E-state index >= 15 is 0 Å². The summed E-state index contributed by atoms with van der Waals surface area (Å²) in [5, 5.41) is 0. The fraction of sp³-hybridized carbons (Fsp3) is 0.235. The van der Waals surface area contributed by atoms with E-state index in [4.69, 9.17) is 0 Å². The van der Waals surface area contributed by atoms with Crippen LogP contribution >= 0.6 is 15.9 Å². The Morgan fingerprint density at radius 2 is 1.61 bits per heavy atom. The molecule has 3 nitrogen and oxygen atoms in total. The zero-order valence-corrected chi connectivity index (χ0v) is 13.9. The predicted molar refractivity (Wildman–Crippen MR) is 88.6 cm³/mol. The number of halogens is 3. The number of carbonyl (C=O) groups excluding carboxylic acids is 1. The summed E-state index contributed by atoms with van der Waals surface area (Å²) in [5.74, 6) is -1.19. The third kappa shape index (κ3) is 3.52. The summed E-state index contributed by atoms with van der Waals surface area (Å²) in [7, 11) is 0. The first-order chi connectivity index (χ1) is 11.0. The lowest BCUT2D eigenvalue weighted by molar-refractivity contribution is 0.0746. The van der Waals surface area contributed by atoms with Gasteiger partial charge in [0, 0.05) is 42.3 Å². The number of anilines is 1. The molecule has 2 aromatic rings. The second kappa shape index (κ2) is 6.66. The van der Waals surface area contributed by atoms with Crippen molar-refractivity contribution in [1.29, 1.82) is 0 Å². The van der Waals surface area contributed by atoms with Crippen LogP contribution in [0.3, 0.4) is 0 Å². The molecule has 2 aromatic carbocycles. The Kier molecular flexibility index (Phi) is 4.61. The standard InChI is InChI=1S/C17H15BrF2N2O/c18-13-3-1-12(2-4-13)17(23)22-9-7-21(8-10-22)16-6-5-14(19)11-15(16)20/h1-6,11H,7-10H2. The third-order valence-electron chi connectivity index (χ3n) is 3.91. The molecule has 0 N–H and O–H groups in total. The molecular formula is C17H15BrF2N2O. The first-order valence-corrected chi connectivity index (χ1v) is 8.09. The Bertz CT molecular complexity index is 713. The Hall–Kier alpha value is -1.95. The number of piperazine rings is 1. The molecular weight excluding hydrogens is 366 g/mol. The third-order valence-corrected chi connectivity index (χ3v) is 4.44. The normalized spacial score (nSPS) is 14.9. The molecule has 3 rings (SSSR count). The maximum atomic E-state index is 13.8. The molecule has 0 aliphatic carbocycles. The fourth-order valence-electron chi connectivity index (χ4n) is 2.66. The van der Waals surface area contributed by atoms with Crippen molar-refractivity contribution in [3.8, 4) is 0 Å². The predicted octanol–water partition coefficient (Wildman–Crippen LogP) is 3.69. The number of nitrogens with zero attached hydrogens (tertiary/aromatic N) is 2. The van der Waals surface area contributed by atoms with E-state index in [2.05, 4.69) is 15.9 Å². The van der Waals surface area contributed by atoms with Crippen LogP contribution in [0.4, 0.5) is 14.5 Å². The van der Waals surface area contributed by atoms with Gasteiger partial charge < -0.3 is 9.80 Å². The van der Waals surface area contributed by atoms with Gasteiger partial charge in [-0.15, -0.1) is 0 Å². The van der Waals surface area contributed by atoms with Crippen molar-refractivity contribution in [3.63, 3.8) is 0 Å². The zero-order chi connectivity index (χ0) is 16.4. The van der Waals surface area contributed by atoms with E-state index in [-0.39, 0.29) is 5.91 Å². The summed E-state index contributed by atoms with van der Waals surface area (Å²) < 4.78 is 27.7. The summed E-state index contributed by atoms with van der Waals surface area (Å²) in [6.45, 7) is 2.05. The van der Waals surface area contributed by atoms with Crippen LogP contribution in [0.2, 0.25) is 0 Å². The average molecular weight is 381 g/mol. The van der Waals surface area contributed by atoms with Crippen molar-refractivity contribution >= 4 is 27.5 Å². The summed E-state index contributed by atoms with van der Waals surface area (Å²) in [4.78, 5) is 16.0. The molecule has 1 aliphatic rings. The second-order valence-corrected chi connectivity index (χ2v) is 6.30. The van der Waals surface area contributed by atoms with E-state index in [0.717, 1.165) is 10.5 Å². The highest BCUT2D eigenvalue weighted by Gasteiger charge is 2.23. The molecule has 1 fully saturated rings. The van der Waals surface area contributed by atoms with Crippen LogP contribution in [0.25, 0.3) is 0 Å². The minimum atomic E-state index is -0.588. The van der Waals surface area contributed by atoms with Crippen LogP contribution in [-0.4, -0.2) is 37.0 Å². The summed E-state index contributed by atoms with van der Waals surface area (Å²) in [5.41, 5.74) is 1.01. The summed E-state index contributed by atoms with van der Waals surface area (Å²) >= 11 is 3.34. The number of amides is 1. The Morgan fingerprint density at radius 3 is 2.22 bits per heavy atom. The van der Waals surface area contributed by atoms with Gasteiger partial charge in [0.05, 0.1) is 5.69 Å². The molecule has 0 radical (unpaired) electrons. The Morgan fingerprint density at radius 1 is 0.957 bits per heavy atom. The fourth-order valence-corrected chi connectivity index (χ4v) is 2.93. The van der Waals surface area contributed by atoms with Gasteiger partial charge in [-0.3, -0.25) is 4.79 Å². The number of benzene rings is 2. The van der Waals surface area contributed by atoms with E-state index < -0.39 is 11.6 Å². The molecule has 0 spiro atoms. The summed E-state index contributed by atoms with van der Waals surface area (Å²) in [6.07, 6.45) is 0. The quantitative estimate of drug-likeness (QED) is 0.792. The SMILES string of the molecule is O=C(c1ccc(Br)cc1)N1CCN(c2ccc(F)cc2F)CC1. The van der Waals surface area contributed by atoms with E-state index in [9.17, 15) is 13.6 Å². The molecule has 1 amide bonds. The number of hydrogen-bond acceptors (Lipinski definition) is 2. The molecule has 6 heteroatoms. The molecule has 1 heterocycles. The smallest absolute Gasteiger partial charge is 0.253 e. The van der Waals surface area contributed by atoms with Gasteiger partial charge in [-0.05, 0) is 36.4 Å². The second-order valence-electron chi connectivity index (χ2n) is 5.38. The van der Waals surface area contributed by atoms with Crippen LogP contribution < -0.4 is 4.90 Å². The van der Waals surface area contributed by atoms with Gasteiger partial charge in [-0.25, -0.2) is 8.78 Å². The molecule has 0 unspecified atom stereocenters. The minimum absolute atomic E-state index is 0.0308. The Balaban J connectivity index is 1.66. The highest BCUT2D eigenvalue weighted by atomic mass is 79.9.